The lowest BCUT2D eigenvalue weighted by Crippen LogP contribution is -2.07. The van der Waals surface area contributed by atoms with Gasteiger partial charge in [0, 0.05) is 47.1 Å². The number of nitrogens with zero attached hydrogens (tertiary/aromatic N) is 5. The third kappa shape index (κ3) is 4.27. The van der Waals surface area contributed by atoms with Gasteiger partial charge in [-0.1, -0.05) is 17.8 Å². The molecule has 6 nitrogen and oxygen atoms in total. The van der Waals surface area contributed by atoms with Gasteiger partial charge in [-0.25, -0.2) is 4.39 Å². The van der Waals surface area contributed by atoms with Crippen LogP contribution in [0.25, 0.3) is 17.1 Å². The van der Waals surface area contributed by atoms with E-state index in [4.69, 9.17) is 0 Å². The number of halogens is 1. The molecule has 3 aromatic heterocycles. The Morgan fingerprint density at radius 3 is 2.53 bits per heavy atom. The number of ketones is 1. The first-order valence-corrected chi connectivity index (χ1v) is 11.0. The van der Waals surface area contributed by atoms with Gasteiger partial charge in [0.15, 0.2) is 16.8 Å². The van der Waals surface area contributed by atoms with E-state index in [2.05, 4.69) is 26.3 Å². The second-order valence-electron chi connectivity index (χ2n) is 7.25. The minimum Gasteiger partial charge on any atom is -0.345 e. The number of Topliss-reactive ketones (excluding diaryl/α,β-unsaturated/α-hetero) is 1. The van der Waals surface area contributed by atoms with Crippen molar-refractivity contribution in [2.45, 2.75) is 25.5 Å². The van der Waals surface area contributed by atoms with Crippen molar-refractivity contribution in [2.75, 3.05) is 5.75 Å². The number of rotatable bonds is 8. The van der Waals surface area contributed by atoms with Gasteiger partial charge in [0.2, 0.25) is 0 Å². The molecule has 0 aliphatic heterocycles. The summed E-state index contributed by atoms with van der Waals surface area (Å²) in [5.41, 5.74) is 4.17. The zero-order valence-corrected chi connectivity index (χ0v) is 18.6. The fourth-order valence-electron chi connectivity index (χ4n) is 3.58. The van der Waals surface area contributed by atoms with Gasteiger partial charge < -0.3 is 4.57 Å². The van der Waals surface area contributed by atoms with Crippen LogP contribution in [0.15, 0.2) is 72.7 Å². The molecule has 8 heteroatoms. The highest BCUT2D eigenvalue weighted by Crippen LogP contribution is 2.29. The summed E-state index contributed by atoms with van der Waals surface area (Å²) < 4.78 is 17.4. The van der Waals surface area contributed by atoms with E-state index in [1.165, 1.54) is 23.9 Å². The molecule has 0 atom stereocenters. The molecule has 4 aromatic rings. The highest BCUT2D eigenvalue weighted by Gasteiger charge is 2.20. The van der Waals surface area contributed by atoms with Crippen LogP contribution >= 0.6 is 11.8 Å². The van der Waals surface area contributed by atoms with Crippen LogP contribution in [-0.4, -0.2) is 35.9 Å². The first kappa shape index (κ1) is 21.7. The fraction of sp³-hybridized carbons (Fsp3) is 0.167. The van der Waals surface area contributed by atoms with Gasteiger partial charge in [0.1, 0.15) is 5.82 Å². The number of aromatic nitrogens is 5. The van der Waals surface area contributed by atoms with Gasteiger partial charge in [0.25, 0.3) is 0 Å². The van der Waals surface area contributed by atoms with Gasteiger partial charge in [-0.2, -0.15) is 0 Å². The lowest BCUT2D eigenvalue weighted by Gasteiger charge is -2.10. The largest absolute Gasteiger partial charge is 0.345 e. The number of carbonyl (C=O) groups excluding carboxylic acids is 1. The lowest BCUT2D eigenvalue weighted by atomic mass is 10.2. The Bertz CT molecular complexity index is 1260. The summed E-state index contributed by atoms with van der Waals surface area (Å²) in [4.78, 5) is 17.1. The van der Waals surface area contributed by atoms with Gasteiger partial charge in [-0.05, 0) is 56.3 Å². The summed E-state index contributed by atoms with van der Waals surface area (Å²) in [6.07, 6.45) is 5.16. The summed E-state index contributed by atoms with van der Waals surface area (Å²) in [6, 6.07) is 11.7. The van der Waals surface area contributed by atoms with Crippen molar-refractivity contribution in [1.82, 2.24) is 24.3 Å². The van der Waals surface area contributed by atoms with Gasteiger partial charge in [-0.15, -0.1) is 16.8 Å². The average Bonchev–Trinajstić information content (AvgIpc) is 3.35. The van der Waals surface area contributed by atoms with Crippen LogP contribution in [0.2, 0.25) is 0 Å². The van der Waals surface area contributed by atoms with Crippen LogP contribution in [-0.2, 0) is 6.54 Å². The first-order chi connectivity index (χ1) is 15.5. The van der Waals surface area contributed by atoms with E-state index in [1.54, 1.807) is 24.5 Å². The van der Waals surface area contributed by atoms with E-state index in [9.17, 15) is 9.18 Å². The first-order valence-electron chi connectivity index (χ1n) is 10.0. The Morgan fingerprint density at radius 2 is 1.84 bits per heavy atom. The standard InChI is InChI=1S/C24H22FN5OS/c1-4-13-29-16(2)14-21(17(29)3)22(31)15-32-24-28-27-23(18-9-11-26-12-10-18)30(24)20-7-5-19(25)6-8-20/h4-12,14H,1,13,15H2,2-3H3. The van der Waals surface area contributed by atoms with Gasteiger partial charge in [-0.3, -0.25) is 14.3 Å². The van der Waals surface area contributed by atoms with Crippen molar-refractivity contribution in [3.05, 3.63) is 90.3 Å². The topological polar surface area (TPSA) is 65.6 Å². The lowest BCUT2D eigenvalue weighted by molar-refractivity contribution is 0.102. The van der Waals surface area contributed by atoms with Crippen LogP contribution in [0.1, 0.15) is 21.7 Å². The number of carbonyl (C=O) groups is 1. The highest BCUT2D eigenvalue weighted by molar-refractivity contribution is 7.99. The summed E-state index contributed by atoms with van der Waals surface area (Å²) >= 11 is 1.30. The van der Waals surface area contributed by atoms with Crippen LogP contribution < -0.4 is 0 Å². The van der Waals surface area contributed by atoms with E-state index in [-0.39, 0.29) is 17.4 Å². The minimum absolute atomic E-state index is 0.0116. The van der Waals surface area contributed by atoms with E-state index < -0.39 is 0 Å². The number of pyridine rings is 1. The maximum absolute atomic E-state index is 13.5. The van der Waals surface area contributed by atoms with Crippen molar-refractivity contribution >= 4 is 17.5 Å². The zero-order chi connectivity index (χ0) is 22.7. The third-order valence-electron chi connectivity index (χ3n) is 5.17. The smallest absolute Gasteiger partial charge is 0.196 e. The predicted octanol–water partition coefficient (Wildman–Crippen LogP) is 5.05. The molecule has 0 spiro atoms. The van der Waals surface area contributed by atoms with E-state index in [1.807, 2.05) is 42.7 Å². The van der Waals surface area contributed by atoms with Gasteiger partial charge in [0.05, 0.1) is 5.75 Å². The van der Waals surface area contributed by atoms with E-state index in [0.717, 1.165) is 17.0 Å². The predicted molar refractivity (Wildman–Crippen MR) is 124 cm³/mol. The molecule has 0 aliphatic rings. The second kappa shape index (κ2) is 9.32. The third-order valence-corrected chi connectivity index (χ3v) is 6.10. The van der Waals surface area contributed by atoms with Crippen LogP contribution in [0, 0.1) is 19.7 Å². The Hall–Kier alpha value is -3.52. The Labute approximate surface area is 189 Å². The van der Waals surface area contributed by atoms with Crippen LogP contribution in [0.3, 0.4) is 0 Å². The molecule has 1 aromatic carbocycles. The number of aryl methyl sites for hydroxylation is 1. The van der Waals surface area contributed by atoms with Crippen molar-refractivity contribution in [3.63, 3.8) is 0 Å². The Morgan fingerprint density at radius 1 is 1.12 bits per heavy atom. The Kier molecular flexibility index (Phi) is 6.32. The van der Waals surface area contributed by atoms with Gasteiger partial charge >= 0.3 is 0 Å². The summed E-state index contributed by atoms with van der Waals surface area (Å²) in [5.74, 6) is 0.482. The highest BCUT2D eigenvalue weighted by atomic mass is 32.2. The molecule has 0 saturated heterocycles. The molecule has 0 saturated carbocycles. The molecular formula is C24H22FN5OS. The fourth-order valence-corrected chi connectivity index (χ4v) is 4.41. The molecule has 0 unspecified atom stereocenters. The summed E-state index contributed by atoms with van der Waals surface area (Å²) in [7, 11) is 0. The van der Waals surface area contributed by atoms with Crippen molar-refractivity contribution in [1.29, 1.82) is 0 Å². The molecular weight excluding hydrogens is 425 g/mol. The maximum Gasteiger partial charge on any atom is 0.196 e. The van der Waals surface area contributed by atoms with Crippen LogP contribution in [0.4, 0.5) is 4.39 Å². The van der Waals surface area contributed by atoms with Crippen molar-refractivity contribution in [2.24, 2.45) is 0 Å². The second-order valence-corrected chi connectivity index (χ2v) is 8.19. The number of thioether (sulfide) groups is 1. The van der Waals surface area contributed by atoms with E-state index >= 15 is 0 Å². The monoisotopic (exact) mass is 447 g/mol. The Balaban J connectivity index is 1.65. The number of hydrogen-bond acceptors (Lipinski definition) is 5. The van der Waals surface area contributed by atoms with E-state index in [0.29, 0.717) is 28.8 Å². The number of benzene rings is 1. The molecule has 0 bridgehead atoms. The molecule has 0 fully saturated rings. The normalized spacial score (nSPS) is 11.0. The summed E-state index contributed by atoms with van der Waals surface area (Å²) in [6.45, 7) is 8.36. The van der Waals surface area contributed by atoms with Crippen LogP contribution in [0.5, 0.6) is 0 Å². The molecule has 0 radical (unpaired) electrons. The van der Waals surface area contributed by atoms with Crippen molar-refractivity contribution < 1.29 is 9.18 Å². The summed E-state index contributed by atoms with van der Waals surface area (Å²) in [5, 5.41) is 9.22. The maximum atomic E-state index is 13.5. The quantitative estimate of drug-likeness (QED) is 0.215. The zero-order valence-electron chi connectivity index (χ0n) is 17.8. The molecule has 32 heavy (non-hydrogen) atoms. The minimum atomic E-state index is -0.327. The molecule has 4 rings (SSSR count). The molecule has 0 aliphatic carbocycles. The molecule has 0 amide bonds. The molecule has 162 valence electrons. The number of hydrogen-bond donors (Lipinski definition) is 0. The molecule has 3 heterocycles. The SMILES string of the molecule is C=CCn1c(C)cc(C(=O)CSc2nnc(-c3ccncc3)n2-c2ccc(F)cc2)c1C. The van der Waals surface area contributed by atoms with Crippen molar-refractivity contribution in [3.8, 4) is 17.1 Å². The number of allylic oxidation sites excluding steroid dienone is 1. The average molecular weight is 448 g/mol. The molecule has 0 N–H and O–H groups in total.